The van der Waals surface area contributed by atoms with Crippen molar-refractivity contribution in [3.05, 3.63) is 75.3 Å². The third-order valence-corrected chi connectivity index (χ3v) is 14.0. The van der Waals surface area contributed by atoms with Crippen LogP contribution in [0.3, 0.4) is 0 Å². The van der Waals surface area contributed by atoms with Crippen molar-refractivity contribution in [3.8, 4) is 0 Å². The molecule has 1 saturated heterocycles. The van der Waals surface area contributed by atoms with Gasteiger partial charge in [-0.1, -0.05) is 37.6 Å². The highest BCUT2D eigenvalue weighted by atomic mass is 32.2. The Hall–Kier alpha value is -5.51. The topological polar surface area (TPSA) is 213 Å². The molecule has 2 amide bonds. The fourth-order valence-corrected chi connectivity index (χ4v) is 9.72. The average molecular weight is 985 g/mol. The molecule has 1 saturated carbocycles. The molecule has 0 bridgehead atoms. The zero-order valence-corrected chi connectivity index (χ0v) is 41.9. The van der Waals surface area contributed by atoms with E-state index >= 15 is 0 Å². The van der Waals surface area contributed by atoms with E-state index in [1.54, 1.807) is 35.6 Å². The van der Waals surface area contributed by atoms with Crippen molar-refractivity contribution >= 4 is 68.7 Å². The molecule has 3 N–H and O–H groups in total. The molecule has 2 aliphatic heterocycles. The second-order valence-corrected chi connectivity index (χ2v) is 19.0. The van der Waals surface area contributed by atoms with Gasteiger partial charge in [-0.05, 0) is 75.9 Å². The van der Waals surface area contributed by atoms with Crippen molar-refractivity contribution in [1.29, 1.82) is 0 Å². The van der Waals surface area contributed by atoms with Crippen LogP contribution in [0, 0.1) is 13.8 Å². The molecule has 20 heteroatoms. The number of piperazine rings is 1. The van der Waals surface area contributed by atoms with Crippen LogP contribution in [0.1, 0.15) is 90.8 Å². The van der Waals surface area contributed by atoms with E-state index < -0.39 is 0 Å². The first-order chi connectivity index (χ1) is 34.0. The average Bonchev–Trinajstić information content (AvgIpc) is 4.00. The molecule has 4 aromatic rings. The molecular weight excluding hydrogens is 917 g/mol. The van der Waals surface area contributed by atoms with Crippen LogP contribution in [0.15, 0.2) is 52.5 Å². The highest BCUT2D eigenvalue weighted by molar-refractivity contribution is 8.14. The van der Waals surface area contributed by atoms with E-state index in [1.807, 2.05) is 49.1 Å². The number of ether oxygens (including phenoxy) is 5. The van der Waals surface area contributed by atoms with E-state index in [9.17, 15) is 19.2 Å². The molecular formula is C50H68N10O9S. The van der Waals surface area contributed by atoms with Gasteiger partial charge < -0.3 is 49.4 Å². The molecule has 70 heavy (non-hydrogen) atoms. The lowest BCUT2D eigenvalue weighted by molar-refractivity contribution is -0.132. The van der Waals surface area contributed by atoms with Gasteiger partial charge in [0.25, 0.3) is 11.5 Å². The van der Waals surface area contributed by atoms with Crippen molar-refractivity contribution in [2.75, 3.05) is 114 Å². The Morgan fingerprint density at radius 1 is 0.786 bits per heavy atom. The van der Waals surface area contributed by atoms with Crippen LogP contribution in [0.5, 0.6) is 0 Å². The molecule has 19 nitrogen and oxygen atoms in total. The van der Waals surface area contributed by atoms with E-state index in [-0.39, 0.29) is 40.8 Å². The number of amidine groups is 1. The summed E-state index contributed by atoms with van der Waals surface area (Å²) in [7, 11) is 0. The summed E-state index contributed by atoms with van der Waals surface area (Å²) in [6.07, 6.45) is 7.58. The second kappa shape index (κ2) is 26.1. The number of rotatable bonds is 25. The maximum atomic E-state index is 13.6. The number of nitrogens with one attached hydrogen (secondary N) is 3. The SMILES string of the molecule is CC(=O)c1c(C)c2cnc(Nc3ccc(N4CCN(C(=O)CCOCCOCCOCCOCCOCCNc5cccc(C(=O)NC6=NC(C)C(C)S6)c5C)CC4)cn3)nc2n(C2CCCC2)c1=O. The fourth-order valence-electron chi connectivity index (χ4n) is 8.74. The molecule has 7 rings (SSSR count). The lowest BCUT2D eigenvalue weighted by atomic mass is 10.0. The number of hydrogen-bond donors (Lipinski definition) is 3. The first-order valence-electron chi connectivity index (χ1n) is 24.4. The van der Waals surface area contributed by atoms with Crippen molar-refractivity contribution < 1.29 is 38.1 Å². The van der Waals surface area contributed by atoms with Gasteiger partial charge >= 0.3 is 0 Å². The summed E-state index contributed by atoms with van der Waals surface area (Å²) < 4.78 is 29.8. The van der Waals surface area contributed by atoms with E-state index in [0.29, 0.717) is 150 Å². The molecule has 1 aliphatic carbocycles. The minimum atomic E-state index is -0.286. The first-order valence-corrected chi connectivity index (χ1v) is 25.3. The maximum Gasteiger partial charge on any atom is 0.263 e. The summed E-state index contributed by atoms with van der Waals surface area (Å²) in [5.41, 5.74) is 4.37. The van der Waals surface area contributed by atoms with Gasteiger partial charge in [-0.15, -0.1) is 0 Å². The number of ketones is 1. The molecule has 3 aromatic heterocycles. The third kappa shape index (κ3) is 14.1. The number of amides is 2. The van der Waals surface area contributed by atoms with Gasteiger partial charge in [0.1, 0.15) is 11.5 Å². The molecule has 378 valence electrons. The predicted octanol–water partition coefficient (Wildman–Crippen LogP) is 5.71. The maximum absolute atomic E-state index is 13.6. The van der Waals surface area contributed by atoms with Crippen LogP contribution in [0.2, 0.25) is 0 Å². The Morgan fingerprint density at radius 3 is 2.06 bits per heavy atom. The van der Waals surface area contributed by atoms with Gasteiger partial charge in [-0.2, -0.15) is 4.98 Å². The molecule has 0 radical (unpaired) electrons. The molecule has 1 aromatic carbocycles. The number of aromatic nitrogens is 4. The summed E-state index contributed by atoms with van der Waals surface area (Å²) in [4.78, 5) is 74.3. The largest absolute Gasteiger partial charge is 0.382 e. The number of benzene rings is 1. The van der Waals surface area contributed by atoms with Crippen LogP contribution < -0.4 is 26.4 Å². The van der Waals surface area contributed by atoms with Gasteiger partial charge in [0.2, 0.25) is 11.9 Å². The van der Waals surface area contributed by atoms with Crippen LogP contribution in [-0.2, 0) is 28.5 Å². The highest BCUT2D eigenvalue weighted by Gasteiger charge is 2.27. The van der Waals surface area contributed by atoms with Crippen molar-refractivity contribution in [3.63, 3.8) is 0 Å². The number of aliphatic imine (C=N–C) groups is 1. The number of pyridine rings is 2. The molecule has 0 spiro atoms. The van der Waals surface area contributed by atoms with E-state index in [0.717, 1.165) is 42.6 Å². The highest BCUT2D eigenvalue weighted by Crippen LogP contribution is 2.32. The number of carbonyl (C=O) groups excluding carboxylic acids is 3. The Kier molecular flexibility index (Phi) is 19.5. The number of thioether (sulfide) groups is 1. The van der Waals surface area contributed by atoms with Gasteiger partial charge in [0.15, 0.2) is 11.0 Å². The number of anilines is 4. The summed E-state index contributed by atoms with van der Waals surface area (Å²) in [6.45, 7) is 16.8. The Labute approximate surface area is 413 Å². The van der Waals surface area contributed by atoms with Crippen LogP contribution in [0.25, 0.3) is 11.0 Å². The Bertz CT molecular complexity index is 2490. The molecule has 2 atom stereocenters. The minimum absolute atomic E-state index is 0.00348. The van der Waals surface area contributed by atoms with Crippen LogP contribution >= 0.6 is 11.8 Å². The number of hydrogen-bond acceptors (Lipinski definition) is 17. The zero-order chi connectivity index (χ0) is 49.4. The number of carbonyl (C=O) groups is 3. The normalized spacial score (nSPS) is 17.3. The Balaban J connectivity index is 0.682. The summed E-state index contributed by atoms with van der Waals surface area (Å²) in [6, 6.07) is 9.66. The van der Waals surface area contributed by atoms with Crippen molar-refractivity contribution in [2.24, 2.45) is 4.99 Å². The number of aryl methyl sites for hydroxylation is 1. The Morgan fingerprint density at radius 2 is 1.44 bits per heavy atom. The summed E-state index contributed by atoms with van der Waals surface area (Å²) in [5, 5.41) is 11.2. The standard InChI is InChI=1S/C50H68N10O9S/c1-33-40(47(63)57-50-54-35(3)37(5)70-50)11-8-12-42(33)51-16-22-66-24-26-68-28-30-69-29-27-67-25-23-65-21-15-44(62)59-19-17-58(18-20-59)39-13-14-43(52-31-39)55-49-53-32-41-34(2)45(36(4)61)48(64)60(46(41)56-49)38-9-6-7-10-38/h8,11-14,31-32,35,37-38,51H,6-7,9-10,15-30H2,1-5H3,(H,54,57,63)(H,52,53,55,56). The molecule has 5 heterocycles. The van der Waals surface area contributed by atoms with Crippen LogP contribution in [-0.4, -0.2) is 157 Å². The van der Waals surface area contributed by atoms with Gasteiger partial charge in [-0.25, -0.2) is 9.97 Å². The molecule has 2 unspecified atom stereocenters. The predicted molar refractivity (Wildman–Crippen MR) is 272 cm³/mol. The van der Waals surface area contributed by atoms with Crippen molar-refractivity contribution in [2.45, 2.75) is 84.1 Å². The van der Waals surface area contributed by atoms with Gasteiger partial charge in [0, 0.05) is 66.8 Å². The lowest BCUT2D eigenvalue weighted by Gasteiger charge is -2.36. The zero-order valence-electron chi connectivity index (χ0n) is 41.1. The van der Waals surface area contributed by atoms with Crippen molar-refractivity contribution in [1.82, 2.24) is 29.7 Å². The number of fused-ring (bicyclic) bond motifs is 1. The van der Waals surface area contributed by atoms with Crippen LogP contribution in [0.4, 0.5) is 23.1 Å². The molecule has 2 fully saturated rings. The van der Waals surface area contributed by atoms with Gasteiger partial charge in [0.05, 0.1) is 96.0 Å². The second-order valence-electron chi connectivity index (χ2n) is 17.7. The quantitative estimate of drug-likeness (QED) is 0.0536. The van der Waals surface area contributed by atoms with E-state index in [4.69, 9.17) is 28.7 Å². The lowest BCUT2D eigenvalue weighted by Crippen LogP contribution is -2.49. The van der Waals surface area contributed by atoms with Gasteiger partial charge in [-0.3, -0.25) is 28.7 Å². The smallest absolute Gasteiger partial charge is 0.263 e. The number of Topliss-reactive ketones (excluding diaryl/α,β-unsaturated/α-hetero) is 1. The minimum Gasteiger partial charge on any atom is -0.382 e. The number of nitrogens with zero attached hydrogens (tertiary/aromatic N) is 7. The molecule has 3 aliphatic rings. The monoisotopic (exact) mass is 984 g/mol. The van der Waals surface area contributed by atoms with E-state index in [1.165, 1.54) is 6.92 Å². The third-order valence-electron chi connectivity index (χ3n) is 12.8. The van der Waals surface area contributed by atoms with E-state index in [2.05, 4.69) is 42.7 Å². The summed E-state index contributed by atoms with van der Waals surface area (Å²) in [5.74, 6) is 0.533. The summed E-state index contributed by atoms with van der Waals surface area (Å²) >= 11 is 1.59. The first kappa shape index (κ1) is 52.3. The fraction of sp³-hybridized carbons (Fsp3) is 0.560.